The highest BCUT2D eigenvalue weighted by molar-refractivity contribution is 5.83. The zero-order valence-corrected chi connectivity index (χ0v) is 14.6. The zero-order chi connectivity index (χ0) is 17.5. The Balaban J connectivity index is 1.41. The number of carbonyl (C=O) groups is 1. The summed E-state index contributed by atoms with van der Waals surface area (Å²) in [4.78, 5) is 22.0. The van der Waals surface area contributed by atoms with Crippen LogP contribution in [0, 0.1) is 0 Å². The molecule has 1 amide bonds. The Labute approximate surface area is 151 Å². The second-order valence-electron chi connectivity index (χ2n) is 7.20. The summed E-state index contributed by atoms with van der Waals surface area (Å²) < 4.78 is 0. The van der Waals surface area contributed by atoms with E-state index in [4.69, 9.17) is 0 Å². The third-order valence-electron chi connectivity index (χ3n) is 5.54. The number of aromatic amines is 1. The molecule has 132 valence electrons. The largest absolute Gasteiger partial charge is 0.365 e. The highest BCUT2D eigenvalue weighted by Crippen LogP contribution is 2.32. The Morgan fingerprint density at radius 1 is 1.31 bits per heavy atom. The maximum absolute atomic E-state index is 13.0. The van der Waals surface area contributed by atoms with Crippen LogP contribution in [-0.2, 0) is 17.8 Å². The number of benzene rings is 1. The maximum Gasteiger partial charge on any atom is 0.227 e. The lowest BCUT2D eigenvalue weighted by Gasteiger charge is -2.27. The van der Waals surface area contributed by atoms with Gasteiger partial charge in [0.1, 0.15) is 0 Å². The number of amides is 1. The molecular weight excluding hydrogens is 326 g/mol. The van der Waals surface area contributed by atoms with Crippen molar-refractivity contribution >= 4 is 22.5 Å². The average molecular weight is 347 g/mol. The van der Waals surface area contributed by atoms with Gasteiger partial charge in [-0.25, -0.2) is 0 Å². The van der Waals surface area contributed by atoms with Crippen LogP contribution in [0.25, 0.3) is 10.9 Å². The van der Waals surface area contributed by atoms with Crippen molar-refractivity contribution in [2.24, 2.45) is 0 Å². The van der Waals surface area contributed by atoms with Crippen LogP contribution in [0.3, 0.4) is 0 Å². The highest BCUT2D eigenvalue weighted by Gasteiger charge is 2.33. The number of rotatable bonds is 2. The molecule has 1 fully saturated rings. The predicted octanol–water partition coefficient (Wildman–Crippen LogP) is 2.51. The SMILES string of the molecule is O=C(Cc1ccc2cn[nH]c2c1)N1Cc2ncccc2N2CCC[C@H]2C1. The molecular formula is C20H21N5O. The number of hydrogen-bond donors (Lipinski definition) is 1. The molecule has 6 heteroatoms. The van der Waals surface area contributed by atoms with Crippen LogP contribution < -0.4 is 4.90 Å². The van der Waals surface area contributed by atoms with Crippen LogP contribution in [0.15, 0.2) is 42.7 Å². The van der Waals surface area contributed by atoms with Crippen molar-refractivity contribution < 1.29 is 4.79 Å². The van der Waals surface area contributed by atoms with E-state index in [1.165, 1.54) is 12.1 Å². The summed E-state index contributed by atoms with van der Waals surface area (Å²) >= 11 is 0. The number of H-pyrrole nitrogens is 1. The van der Waals surface area contributed by atoms with Crippen molar-refractivity contribution in [3.8, 4) is 0 Å². The number of hydrogen-bond acceptors (Lipinski definition) is 4. The Morgan fingerprint density at radius 3 is 3.23 bits per heavy atom. The first-order chi connectivity index (χ1) is 12.8. The van der Waals surface area contributed by atoms with E-state index in [0.29, 0.717) is 19.0 Å². The molecule has 26 heavy (non-hydrogen) atoms. The normalized spacial score (nSPS) is 19.3. The number of pyridine rings is 1. The predicted molar refractivity (Wildman–Crippen MR) is 99.8 cm³/mol. The van der Waals surface area contributed by atoms with Crippen molar-refractivity contribution in [2.75, 3.05) is 18.0 Å². The standard InChI is InChI=1S/C20H21N5O/c26-20(10-14-5-6-15-11-22-23-17(15)9-14)24-12-16-3-2-8-25(16)19-4-1-7-21-18(19)13-24/h1,4-7,9,11,16H,2-3,8,10,12-13H2,(H,22,23)/t16-/m0/s1. The van der Waals surface area contributed by atoms with E-state index in [1.54, 1.807) is 6.20 Å². The first-order valence-corrected chi connectivity index (χ1v) is 9.18. The molecule has 2 aromatic heterocycles. The molecule has 1 N–H and O–H groups in total. The molecule has 0 bridgehead atoms. The number of fused-ring (bicyclic) bond motifs is 4. The molecule has 3 aromatic rings. The van der Waals surface area contributed by atoms with Gasteiger partial charge >= 0.3 is 0 Å². The fourth-order valence-corrected chi connectivity index (χ4v) is 4.23. The lowest BCUT2D eigenvalue weighted by Crippen LogP contribution is -2.40. The van der Waals surface area contributed by atoms with Crippen molar-refractivity contribution in [3.05, 3.63) is 54.0 Å². The lowest BCUT2D eigenvalue weighted by atomic mass is 10.1. The van der Waals surface area contributed by atoms with Crippen LogP contribution in [-0.4, -0.2) is 45.1 Å². The number of nitrogens with zero attached hydrogens (tertiary/aromatic N) is 4. The molecule has 2 aliphatic heterocycles. The quantitative estimate of drug-likeness (QED) is 0.774. The van der Waals surface area contributed by atoms with E-state index in [-0.39, 0.29) is 5.91 Å². The van der Waals surface area contributed by atoms with Gasteiger partial charge in [-0.3, -0.25) is 14.9 Å². The minimum absolute atomic E-state index is 0.161. The van der Waals surface area contributed by atoms with E-state index >= 15 is 0 Å². The molecule has 1 saturated heterocycles. The second kappa shape index (κ2) is 6.12. The molecule has 0 saturated carbocycles. The van der Waals surface area contributed by atoms with Crippen molar-refractivity contribution in [1.82, 2.24) is 20.1 Å². The molecule has 4 heterocycles. The van der Waals surface area contributed by atoms with E-state index in [2.05, 4.69) is 26.1 Å². The summed E-state index contributed by atoms with van der Waals surface area (Å²) in [5.74, 6) is 0.161. The van der Waals surface area contributed by atoms with Gasteiger partial charge in [0.2, 0.25) is 5.91 Å². The smallest absolute Gasteiger partial charge is 0.227 e. The molecule has 1 atom stereocenters. The number of nitrogens with one attached hydrogen (secondary N) is 1. The first-order valence-electron chi connectivity index (χ1n) is 9.18. The third kappa shape index (κ3) is 2.62. The molecule has 0 unspecified atom stereocenters. The topological polar surface area (TPSA) is 65.1 Å². The summed E-state index contributed by atoms with van der Waals surface area (Å²) in [6.45, 7) is 2.43. The molecule has 1 aromatic carbocycles. The maximum atomic E-state index is 13.0. The fraction of sp³-hybridized carbons (Fsp3) is 0.350. The molecule has 0 aliphatic carbocycles. The first kappa shape index (κ1) is 15.4. The Hall–Kier alpha value is -2.89. The van der Waals surface area contributed by atoms with E-state index in [9.17, 15) is 4.79 Å². The molecule has 2 aliphatic rings. The number of aromatic nitrogens is 3. The Kier molecular flexibility index (Phi) is 3.62. The van der Waals surface area contributed by atoms with Gasteiger partial charge < -0.3 is 9.80 Å². The second-order valence-corrected chi connectivity index (χ2v) is 7.20. The minimum atomic E-state index is 0.161. The summed E-state index contributed by atoms with van der Waals surface area (Å²) in [5, 5.41) is 8.09. The van der Waals surface area contributed by atoms with Crippen LogP contribution in [0.2, 0.25) is 0 Å². The number of carbonyl (C=O) groups excluding carboxylic acids is 1. The third-order valence-corrected chi connectivity index (χ3v) is 5.54. The van der Waals surface area contributed by atoms with Crippen LogP contribution >= 0.6 is 0 Å². The van der Waals surface area contributed by atoms with Crippen LogP contribution in [0.5, 0.6) is 0 Å². The highest BCUT2D eigenvalue weighted by atomic mass is 16.2. The molecule has 0 spiro atoms. The van der Waals surface area contributed by atoms with Gasteiger partial charge in [0.15, 0.2) is 0 Å². The molecule has 0 radical (unpaired) electrons. The summed E-state index contributed by atoms with van der Waals surface area (Å²) in [7, 11) is 0. The Morgan fingerprint density at radius 2 is 2.27 bits per heavy atom. The summed E-state index contributed by atoms with van der Waals surface area (Å²) in [6.07, 6.45) is 6.34. The fourth-order valence-electron chi connectivity index (χ4n) is 4.23. The molecule has 5 rings (SSSR count). The van der Waals surface area contributed by atoms with Gasteiger partial charge in [0.25, 0.3) is 0 Å². The Bertz CT molecular complexity index is 965. The van der Waals surface area contributed by atoms with Gasteiger partial charge in [-0.05, 0) is 36.6 Å². The monoisotopic (exact) mass is 347 g/mol. The summed E-state index contributed by atoms with van der Waals surface area (Å²) in [6, 6.07) is 10.6. The van der Waals surface area contributed by atoms with Crippen molar-refractivity contribution in [3.63, 3.8) is 0 Å². The number of anilines is 1. The van der Waals surface area contributed by atoms with Gasteiger partial charge in [-0.2, -0.15) is 5.10 Å². The minimum Gasteiger partial charge on any atom is -0.365 e. The van der Waals surface area contributed by atoms with Gasteiger partial charge in [0, 0.05) is 30.7 Å². The zero-order valence-electron chi connectivity index (χ0n) is 14.6. The van der Waals surface area contributed by atoms with Gasteiger partial charge in [-0.1, -0.05) is 12.1 Å². The van der Waals surface area contributed by atoms with Crippen LogP contribution in [0.1, 0.15) is 24.1 Å². The van der Waals surface area contributed by atoms with Crippen LogP contribution in [0.4, 0.5) is 5.69 Å². The van der Waals surface area contributed by atoms with Crippen molar-refractivity contribution in [1.29, 1.82) is 0 Å². The average Bonchev–Trinajstić information content (AvgIpc) is 3.27. The summed E-state index contributed by atoms with van der Waals surface area (Å²) in [5.41, 5.74) is 4.19. The lowest BCUT2D eigenvalue weighted by molar-refractivity contribution is -0.131. The van der Waals surface area contributed by atoms with E-state index in [1.807, 2.05) is 35.4 Å². The van der Waals surface area contributed by atoms with Gasteiger partial charge in [0.05, 0.1) is 36.1 Å². The van der Waals surface area contributed by atoms with E-state index in [0.717, 1.165) is 41.7 Å². The molecule has 6 nitrogen and oxygen atoms in total. The van der Waals surface area contributed by atoms with E-state index < -0.39 is 0 Å². The van der Waals surface area contributed by atoms with Gasteiger partial charge in [-0.15, -0.1) is 0 Å². The van der Waals surface area contributed by atoms with Crippen molar-refractivity contribution in [2.45, 2.75) is 31.8 Å².